The van der Waals surface area contributed by atoms with Crippen LogP contribution in [0.5, 0.6) is 0 Å². The molecule has 1 aliphatic carbocycles. The van der Waals surface area contributed by atoms with E-state index in [0.717, 1.165) is 12.0 Å². The number of benzene rings is 1. The SMILES string of the molecule is COCC(O)CC1Cc2ccccc2C1O. The van der Waals surface area contributed by atoms with E-state index in [9.17, 15) is 10.2 Å². The summed E-state index contributed by atoms with van der Waals surface area (Å²) in [6.45, 7) is 0.333. The molecule has 0 saturated carbocycles. The fourth-order valence-electron chi connectivity index (χ4n) is 2.48. The second kappa shape index (κ2) is 4.95. The van der Waals surface area contributed by atoms with Gasteiger partial charge in [-0.25, -0.2) is 0 Å². The molecule has 0 aliphatic heterocycles. The molecule has 88 valence electrons. The minimum absolute atomic E-state index is 0.113. The van der Waals surface area contributed by atoms with Gasteiger partial charge in [0.2, 0.25) is 0 Å². The van der Waals surface area contributed by atoms with Gasteiger partial charge in [-0.3, -0.25) is 0 Å². The van der Waals surface area contributed by atoms with Crippen LogP contribution >= 0.6 is 0 Å². The van der Waals surface area contributed by atoms with Crippen LogP contribution in [0.2, 0.25) is 0 Å². The number of ether oxygens (including phenoxy) is 1. The first kappa shape index (κ1) is 11.6. The molecule has 0 radical (unpaired) electrons. The molecule has 0 spiro atoms. The van der Waals surface area contributed by atoms with Gasteiger partial charge in [0.25, 0.3) is 0 Å². The monoisotopic (exact) mass is 222 g/mol. The first-order valence-corrected chi connectivity index (χ1v) is 5.65. The molecular weight excluding hydrogens is 204 g/mol. The van der Waals surface area contributed by atoms with Crippen molar-refractivity contribution >= 4 is 0 Å². The van der Waals surface area contributed by atoms with Gasteiger partial charge in [-0.15, -0.1) is 0 Å². The Morgan fingerprint density at radius 1 is 1.44 bits per heavy atom. The standard InChI is InChI=1S/C13H18O3/c1-16-8-11(14)7-10-6-9-4-2-3-5-12(9)13(10)15/h2-5,10-11,13-15H,6-8H2,1H3. The van der Waals surface area contributed by atoms with Gasteiger partial charge in [0, 0.05) is 7.11 Å². The van der Waals surface area contributed by atoms with Gasteiger partial charge >= 0.3 is 0 Å². The van der Waals surface area contributed by atoms with E-state index >= 15 is 0 Å². The van der Waals surface area contributed by atoms with Crippen LogP contribution in [-0.4, -0.2) is 30.0 Å². The highest BCUT2D eigenvalue weighted by Gasteiger charge is 2.31. The second-order valence-electron chi connectivity index (χ2n) is 4.45. The number of hydrogen-bond donors (Lipinski definition) is 2. The van der Waals surface area contributed by atoms with Crippen LogP contribution in [0.25, 0.3) is 0 Å². The van der Waals surface area contributed by atoms with Crippen molar-refractivity contribution in [1.29, 1.82) is 0 Å². The molecule has 3 unspecified atom stereocenters. The van der Waals surface area contributed by atoms with E-state index in [1.54, 1.807) is 7.11 Å². The van der Waals surface area contributed by atoms with E-state index < -0.39 is 12.2 Å². The number of methoxy groups -OCH3 is 1. The molecule has 1 aromatic carbocycles. The van der Waals surface area contributed by atoms with Crippen molar-refractivity contribution in [2.45, 2.75) is 25.0 Å². The number of aliphatic hydroxyl groups excluding tert-OH is 2. The predicted octanol–water partition coefficient (Wildman–Crippen LogP) is 1.29. The summed E-state index contributed by atoms with van der Waals surface area (Å²) in [7, 11) is 1.57. The summed E-state index contributed by atoms with van der Waals surface area (Å²) in [5.74, 6) is 0.113. The Morgan fingerprint density at radius 2 is 2.19 bits per heavy atom. The van der Waals surface area contributed by atoms with Crippen molar-refractivity contribution in [3.63, 3.8) is 0 Å². The van der Waals surface area contributed by atoms with Gasteiger partial charge in [-0.1, -0.05) is 24.3 Å². The largest absolute Gasteiger partial charge is 0.391 e. The summed E-state index contributed by atoms with van der Waals surface area (Å²) in [6.07, 6.45) is 0.503. The highest BCUT2D eigenvalue weighted by molar-refractivity contribution is 5.34. The Hall–Kier alpha value is -0.900. The van der Waals surface area contributed by atoms with Gasteiger partial charge in [0.15, 0.2) is 0 Å². The Bertz CT molecular complexity index is 351. The van der Waals surface area contributed by atoms with Crippen molar-refractivity contribution in [1.82, 2.24) is 0 Å². The van der Waals surface area contributed by atoms with Crippen LogP contribution in [-0.2, 0) is 11.2 Å². The van der Waals surface area contributed by atoms with Crippen molar-refractivity contribution in [2.24, 2.45) is 5.92 Å². The van der Waals surface area contributed by atoms with E-state index in [1.165, 1.54) is 5.56 Å². The minimum Gasteiger partial charge on any atom is -0.391 e. The molecule has 3 heteroatoms. The van der Waals surface area contributed by atoms with Crippen molar-refractivity contribution in [3.05, 3.63) is 35.4 Å². The first-order chi connectivity index (χ1) is 7.72. The molecule has 0 bridgehead atoms. The topological polar surface area (TPSA) is 49.7 Å². The Balaban J connectivity index is 2.01. The Kier molecular flexibility index (Phi) is 3.59. The first-order valence-electron chi connectivity index (χ1n) is 5.65. The molecule has 0 heterocycles. The molecular formula is C13H18O3. The van der Waals surface area contributed by atoms with Gasteiger partial charge < -0.3 is 14.9 Å². The average molecular weight is 222 g/mol. The highest BCUT2D eigenvalue weighted by Crippen LogP contribution is 2.38. The molecule has 2 rings (SSSR count). The van der Waals surface area contributed by atoms with Crippen LogP contribution in [0.1, 0.15) is 23.7 Å². The van der Waals surface area contributed by atoms with Crippen molar-refractivity contribution in [2.75, 3.05) is 13.7 Å². The van der Waals surface area contributed by atoms with Crippen LogP contribution in [0.3, 0.4) is 0 Å². The van der Waals surface area contributed by atoms with Gasteiger partial charge in [0.1, 0.15) is 0 Å². The molecule has 2 N–H and O–H groups in total. The number of rotatable bonds is 4. The van der Waals surface area contributed by atoms with Gasteiger partial charge in [-0.2, -0.15) is 0 Å². The lowest BCUT2D eigenvalue weighted by Gasteiger charge is -2.18. The van der Waals surface area contributed by atoms with Crippen LogP contribution in [0, 0.1) is 5.92 Å². The normalized spacial score (nSPS) is 25.4. The summed E-state index contributed by atoms with van der Waals surface area (Å²) in [4.78, 5) is 0. The molecule has 3 nitrogen and oxygen atoms in total. The number of aliphatic hydroxyl groups is 2. The van der Waals surface area contributed by atoms with E-state index in [1.807, 2.05) is 24.3 Å². The lowest BCUT2D eigenvalue weighted by atomic mass is 9.96. The molecule has 1 aliphatic rings. The predicted molar refractivity (Wildman–Crippen MR) is 61.1 cm³/mol. The maximum atomic E-state index is 10.1. The summed E-state index contributed by atoms with van der Waals surface area (Å²) < 4.78 is 4.89. The third-order valence-corrected chi connectivity index (χ3v) is 3.24. The van der Waals surface area contributed by atoms with E-state index in [2.05, 4.69) is 0 Å². The van der Waals surface area contributed by atoms with E-state index in [-0.39, 0.29) is 5.92 Å². The quantitative estimate of drug-likeness (QED) is 0.807. The fourth-order valence-corrected chi connectivity index (χ4v) is 2.48. The van der Waals surface area contributed by atoms with Crippen LogP contribution in [0.4, 0.5) is 0 Å². The Labute approximate surface area is 95.7 Å². The maximum absolute atomic E-state index is 10.1. The smallest absolute Gasteiger partial charge is 0.0825 e. The second-order valence-corrected chi connectivity index (χ2v) is 4.45. The lowest BCUT2D eigenvalue weighted by Crippen LogP contribution is -2.21. The summed E-state index contributed by atoms with van der Waals surface area (Å²) in [5, 5.41) is 19.8. The molecule has 0 saturated heterocycles. The fraction of sp³-hybridized carbons (Fsp3) is 0.538. The molecule has 3 atom stereocenters. The Morgan fingerprint density at radius 3 is 2.88 bits per heavy atom. The van der Waals surface area contributed by atoms with Crippen LogP contribution in [0.15, 0.2) is 24.3 Å². The molecule has 0 amide bonds. The number of fused-ring (bicyclic) bond motifs is 1. The molecule has 0 aromatic heterocycles. The third-order valence-electron chi connectivity index (χ3n) is 3.24. The zero-order valence-corrected chi connectivity index (χ0v) is 9.47. The average Bonchev–Trinajstić information content (AvgIpc) is 2.57. The summed E-state index contributed by atoms with van der Waals surface area (Å²) >= 11 is 0. The molecule has 0 fully saturated rings. The van der Waals surface area contributed by atoms with Gasteiger partial charge in [0.05, 0.1) is 18.8 Å². The van der Waals surface area contributed by atoms with Crippen LogP contribution < -0.4 is 0 Å². The van der Waals surface area contributed by atoms with E-state index in [0.29, 0.717) is 13.0 Å². The highest BCUT2D eigenvalue weighted by atomic mass is 16.5. The van der Waals surface area contributed by atoms with E-state index in [4.69, 9.17) is 4.74 Å². The maximum Gasteiger partial charge on any atom is 0.0825 e. The zero-order chi connectivity index (χ0) is 11.5. The minimum atomic E-state index is -0.487. The van der Waals surface area contributed by atoms with Crippen molar-refractivity contribution < 1.29 is 14.9 Å². The lowest BCUT2D eigenvalue weighted by molar-refractivity contribution is 0.0252. The molecule has 16 heavy (non-hydrogen) atoms. The number of hydrogen-bond acceptors (Lipinski definition) is 3. The molecule has 1 aromatic rings. The summed E-state index contributed by atoms with van der Waals surface area (Å²) in [6, 6.07) is 7.93. The van der Waals surface area contributed by atoms with Crippen molar-refractivity contribution in [3.8, 4) is 0 Å². The zero-order valence-electron chi connectivity index (χ0n) is 9.47. The summed E-state index contributed by atoms with van der Waals surface area (Å²) in [5.41, 5.74) is 2.21. The van der Waals surface area contributed by atoms with Gasteiger partial charge in [-0.05, 0) is 29.9 Å². The third kappa shape index (κ3) is 2.26.